The Balaban J connectivity index is 2.36. The molecule has 0 unspecified atom stereocenters. The van der Waals surface area contributed by atoms with E-state index in [9.17, 15) is 10.1 Å². The summed E-state index contributed by atoms with van der Waals surface area (Å²) in [4.78, 5) is 10.7. The van der Waals surface area contributed by atoms with Gasteiger partial charge in [0.25, 0.3) is 5.69 Å². The Kier molecular flexibility index (Phi) is 4.31. The van der Waals surface area contributed by atoms with Crippen molar-refractivity contribution in [2.45, 2.75) is 13.5 Å². The monoisotopic (exact) mass is 276 g/mol. The first-order valence-electron chi connectivity index (χ1n) is 6.23. The zero-order valence-electron chi connectivity index (χ0n) is 11.4. The Morgan fingerprint density at radius 1 is 1.45 bits per heavy atom. The van der Waals surface area contributed by atoms with Crippen LogP contribution in [0, 0.1) is 10.1 Å². The van der Waals surface area contributed by atoms with Crippen LogP contribution in [0.15, 0.2) is 30.5 Å². The van der Waals surface area contributed by atoms with Crippen molar-refractivity contribution in [1.82, 2.24) is 15.1 Å². The van der Waals surface area contributed by atoms with Crippen LogP contribution in [-0.2, 0) is 6.54 Å². The van der Waals surface area contributed by atoms with Crippen molar-refractivity contribution >= 4 is 5.69 Å². The summed E-state index contributed by atoms with van der Waals surface area (Å²) >= 11 is 0. The Morgan fingerprint density at radius 2 is 2.25 bits per heavy atom. The van der Waals surface area contributed by atoms with Crippen molar-refractivity contribution in [2.75, 3.05) is 13.7 Å². The average molecular weight is 276 g/mol. The third kappa shape index (κ3) is 2.94. The zero-order chi connectivity index (χ0) is 14.5. The first-order valence-corrected chi connectivity index (χ1v) is 6.23. The minimum Gasteiger partial charge on any atom is -0.496 e. The van der Waals surface area contributed by atoms with E-state index < -0.39 is 4.92 Å². The van der Waals surface area contributed by atoms with Gasteiger partial charge in [-0.2, -0.15) is 5.10 Å². The molecule has 1 aromatic carbocycles. The van der Waals surface area contributed by atoms with Crippen LogP contribution in [-0.4, -0.2) is 28.4 Å². The number of benzene rings is 1. The lowest BCUT2D eigenvalue weighted by molar-refractivity contribution is -0.384. The summed E-state index contributed by atoms with van der Waals surface area (Å²) in [6, 6.07) is 6.52. The highest BCUT2D eigenvalue weighted by Gasteiger charge is 2.17. The molecule has 1 aromatic heterocycles. The summed E-state index contributed by atoms with van der Waals surface area (Å²) in [5.74, 6) is 0.445. The summed E-state index contributed by atoms with van der Waals surface area (Å²) in [6.45, 7) is 3.48. The molecule has 1 N–H and O–H groups in total. The number of nitrogens with zero attached hydrogens (tertiary/aromatic N) is 3. The highest BCUT2D eigenvalue weighted by atomic mass is 16.6. The molecule has 20 heavy (non-hydrogen) atoms. The van der Waals surface area contributed by atoms with Crippen LogP contribution in [0.4, 0.5) is 5.69 Å². The molecule has 106 valence electrons. The summed E-state index contributed by atoms with van der Waals surface area (Å²) < 4.78 is 6.51. The van der Waals surface area contributed by atoms with Crippen molar-refractivity contribution in [3.63, 3.8) is 0 Å². The lowest BCUT2D eigenvalue weighted by atomic mass is 10.2. The molecular formula is C13H16N4O3. The normalized spacial score (nSPS) is 10.5. The molecule has 2 aromatic rings. The molecule has 0 saturated carbocycles. The molecular weight excluding hydrogens is 260 g/mol. The molecule has 0 aliphatic rings. The second kappa shape index (κ2) is 6.16. The topological polar surface area (TPSA) is 82.2 Å². The maximum atomic E-state index is 11.1. The van der Waals surface area contributed by atoms with Gasteiger partial charge in [0.2, 0.25) is 0 Å². The van der Waals surface area contributed by atoms with E-state index >= 15 is 0 Å². The molecule has 0 radical (unpaired) electrons. The summed E-state index contributed by atoms with van der Waals surface area (Å²) in [5, 5.41) is 18.6. The predicted octanol–water partition coefficient (Wildman–Crippen LogP) is 1.90. The van der Waals surface area contributed by atoms with Crippen LogP contribution in [0.5, 0.6) is 5.75 Å². The fourth-order valence-corrected chi connectivity index (χ4v) is 1.81. The van der Waals surface area contributed by atoms with Crippen molar-refractivity contribution < 1.29 is 9.66 Å². The van der Waals surface area contributed by atoms with Gasteiger partial charge < -0.3 is 10.1 Å². The molecule has 2 rings (SSSR count). The molecule has 0 aliphatic heterocycles. The third-order valence-electron chi connectivity index (χ3n) is 2.83. The molecule has 0 atom stereocenters. The van der Waals surface area contributed by atoms with Crippen LogP contribution < -0.4 is 10.1 Å². The van der Waals surface area contributed by atoms with Gasteiger partial charge in [0.1, 0.15) is 11.4 Å². The number of nitrogens with one attached hydrogen (secondary N) is 1. The van der Waals surface area contributed by atoms with E-state index in [1.165, 1.54) is 17.9 Å². The second-order valence-corrected chi connectivity index (χ2v) is 4.14. The minimum absolute atomic E-state index is 0.0394. The molecule has 0 fully saturated rings. The summed E-state index contributed by atoms with van der Waals surface area (Å²) in [6.07, 6.45) is 1.71. The molecule has 7 heteroatoms. The second-order valence-electron chi connectivity index (χ2n) is 4.14. The number of nitro benzene ring substituents is 1. The number of nitro groups is 1. The van der Waals surface area contributed by atoms with E-state index in [0.29, 0.717) is 18.0 Å². The standard InChI is InChI=1S/C13H16N4O3/c1-3-14-9-10-6-7-16(15-10)12-5-4-11(20-2)8-13(12)17(18)19/h4-8,14H,3,9H2,1-2H3. The van der Waals surface area contributed by atoms with Crippen molar-refractivity contribution in [2.24, 2.45) is 0 Å². The van der Waals surface area contributed by atoms with Gasteiger partial charge in [-0.1, -0.05) is 6.92 Å². The minimum atomic E-state index is -0.441. The molecule has 0 saturated heterocycles. The predicted molar refractivity (Wildman–Crippen MR) is 74.2 cm³/mol. The van der Waals surface area contributed by atoms with E-state index in [4.69, 9.17) is 4.74 Å². The highest BCUT2D eigenvalue weighted by Crippen LogP contribution is 2.27. The van der Waals surface area contributed by atoms with Gasteiger partial charge in [0, 0.05) is 12.7 Å². The van der Waals surface area contributed by atoms with Crippen molar-refractivity contribution in [1.29, 1.82) is 0 Å². The van der Waals surface area contributed by atoms with Gasteiger partial charge in [0.15, 0.2) is 0 Å². The van der Waals surface area contributed by atoms with Crippen LogP contribution in [0.1, 0.15) is 12.6 Å². The maximum Gasteiger partial charge on any atom is 0.298 e. The fourth-order valence-electron chi connectivity index (χ4n) is 1.81. The number of aromatic nitrogens is 2. The lowest BCUT2D eigenvalue weighted by Crippen LogP contribution is -2.12. The van der Waals surface area contributed by atoms with Crippen LogP contribution in [0.2, 0.25) is 0 Å². The Morgan fingerprint density at radius 3 is 2.90 bits per heavy atom. The van der Waals surface area contributed by atoms with Gasteiger partial charge in [-0.05, 0) is 24.7 Å². The number of hydrogen-bond donors (Lipinski definition) is 1. The van der Waals surface area contributed by atoms with Gasteiger partial charge in [-0.3, -0.25) is 10.1 Å². The quantitative estimate of drug-likeness (QED) is 0.643. The van der Waals surface area contributed by atoms with Gasteiger partial charge in [-0.15, -0.1) is 0 Å². The summed E-state index contributed by atoms with van der Waals surface area (Å²) in [7, 11) is 1.47. The zero-order valence-corrected chi connectivity index (χ0v) is 11.4. The fraction of sp³-hybridized carbons (Fsp3) is 0.308. The average Bonchev–Trinajstić information content (AvgIpc) is 2.93. The van der Waals surface area contributed by atoms with E-state index in [0.717, 1.165) is 12.2 Å². The van der Waals surface area contributed by atoms with Gasteiger partial charge in [0.05, 0.1) is 23.8 Å². The van der Waals surface area contributed by atoms with Gasteiger partial charge >= 0.3 is 0 Å². The van der Waals surface area contributed by atoms with Crippen molar-refractivity contribution in [3.05, 3.63) is 46.3 Å². The molecule has 0 amide bonds. The Bertz CT molecular complexity index is 609. The molecule has 7 nitrogen and oxygen atoms in total. The third-order valence-corrected chi connectivity index (χ3v) is 2.83. The molecule has 0 bridgehead atoms. The first-order chi connectivity index (χ1) is 9.65. The molecule has 0 aliphatic carbocycles. The lowest BCUT2D eigenvalue weighted by Gasteiger charge is -2.05. The number of ether oxygens (including phenoxy) is 1. The molecule has 1 heterocycles. The maximum absolute atomic E-state index is 11.1. The molecule has 0 spiro atoms. The van der Waals surface area contributed by atoms with E-state index in [1.807, 2.05) is 13.0 Å². The number of rotatable bonds is 6. The largest absolute Gasteiger partial charge is 0.496 e. The Hall–Kier alpha value is -2.41. The van der Waals surface area contributed by atoms with E-state index in [-0.39, 0.29) is 5.69 Å². The van der Waals surface area contributed by atoms with Gasteiger partial charge in [-0.25, -0.2) is 4.68 Å². The first kappa shape index (κ1) is 14.0. The van der Waals surface area contributed by atoms with E-state index in [1.54, 1.807) is 18.3 Å². The SMILES string of the molecule is CCNCc1ccn(-c2ccc(OC)cc2[N+](=O)[O-])n1. The highest BCUT2D eigenvalue weighted by molar-refractivity contribution is 5.55. The smallest absolute Gasteiger partial charge is 0.298 e. The van der Waals surface area contributed by atoms with Crippen LogP contribution in [0.25, 0.3) is 5.69 Å². The Labute approximate surface area is 116 Å². The van der Waals surface area contributed by atoms with Crippen LogP contribution >= 0.6 is 0 Å². The summed E-state index contributed by atoms with van der Waals surface area (Å²) in [5.41, 5.74) is 1.21. The van der Waals surface area contributed by atoms with Crippen LogP contribution in [0.3, 0.4) is 0 Å². The number of hydrogen-bond acceptors (Lipinski definition) is 5. The number of methoxy groups -OCH3 is 1. The van der Waals surface area contributed by atoms with Crippen molar-refractivity contribution in [3.8, 4) is 11.4 Å². The van der Waals surface area contributed by atoms with E-state index in [2.05, 4.69) is 10.4 Å².